The molecule has 0 aliphatic carbocycles. The summed E-state index contributed by atoms with van der Waals surface area (Å²) in [5.74, 6) is 0.393. The molecule has 0 saturated heterocycles. The van der Waals surface area contributed by atoms with Gasteiger partial charge in [0.2, 0.25) is 0 Å². The van der Waals surface area contributed by atoms with E-state index in [2.05, 4.69) is 4.98 Å². The molecular formula is C20H17ClFN3OS. The lowest BCUT2D eigenvalue weighted by Gasteiger charge is -2.24. The molecule has 3 aromatic rings. The lowest BCUT2D eigenvalue weighted by Crippen LogP contribution is -2.32. The number of hydrogen-bond acceptors (Lipinski definition) is 3. The van der Waals surface area contributed by atoms with Crippen molar-refractivity contribution in [2.24, 2.45) is 5.73 Å². The van der Waals surface area contributed by atoms with Crippen LogP contribution in [-0.2, 0) is 6.61 Å². The Labute approximate surface area is 167 Å². The summed E-state index contributed by atoms with van der Waals surface area (Å²) >= 11 is 11.3. The van der Waals surface area contributed by atoms with Crippen molar-refractivity contribution >= 4 is 40.4 Å². The van der Waals surface area contributed by atoms with Crippen LogP contribution in [0.5, 0.6) is 5.75 Å². The summed E-state index contributed by atoms with van der Waals surface area (Å²) in [4.78, 5) is 5.97. The van der Waals surface area contributed by atoms with E-state index in [-0.39, 0.29) is 17.3 Å². The number of pyridine rings is 1. The number of nitrogens with zero attached hydrogens (tertiary/aromatic N) is 2. The molecule has 138 valence electrons. The van der Waals surface area contributed by atoms with Crippen LogP contribution in [0.4, 0.5) is 15.9 Å². The number of benzene rings is 2. The van der Waals surface area contributed by atoms with Gasteiger partial charge in [-0.15, -0.1) is 0 Å². The van der Waals surface area contributed by atoms with Gasteiger partial charge in [0.25, 0.3) is 0 Å². The number of hydrogen-bond donors (Lipinski definition) is 1. The quantitative estimate of drug-likeness (QED) is 0.599. The third-order valence-electron chi connectivity index (χ3n) is 3.91. The van der Waals surface area contributed by atoms with Crippen molar-refractivity contribution < 1.29 is 9.13 Å². The van der Waals surface area contributed by atoms with Crippen molar-refractivity contribution in [3.05, 3.63) is 82.8 Å². The molecule has 1 heterocycles. The Bertz CT molecular complexity index is 945. The lowest BCUT2D eigenvalue weighted by molar-refractivity contribution is 0.300. The molecular weight excluding hydrogens is 385 g/mol. The summed E-state index contributed by atoms with van der Waals surface area (Å²) in [6, 6.07) is 15.6. The minimum absolute atomic E-state index is 0.0523. The fourth-order valence-corrected chi connectivity index (χ4v) is 2.94. The first-order valence-corrected chi connectivity index (χ1v) is 8.93. The van der Waals surface area contributed by atoms with Crippen molar-refractivity contribution in [1.82, 2.24) is 4.98 Å². The summed E-state index contributed by atoms with van der Waals surface area (Å²) in [7, 11) is 0. The highest BCUT2D eigenvalue weighted by atomic mass is 35.5. The second-order valence-corrected chi connectivity index (χ2v) is 6.65. The van der Waals surface area contributed by atoms with Gasteiger partial charge < -0.3 is 10.5 Å². The van der Waals surface area contributed by atoms with E-state index in [1.54, 1.807) is 35.4 Å². The Morgan fingerprint density at radius 2 is 1.93 bits per heavy atom. The Hall–Kier alpha value is -2.70. The van der Waals surface area contributed by atoms with Gasteiger partial charge in [-0.3, -0.25) is 4.90 Å². The maximum Gasteiger partial charge on any atom is 0.182 e. The van der Waals surface area contributed by atoms with E-state index < -0.39 is 5.82 Å². The Morgan fingerprint density at radius 1 is 1.19 bits per heavy atom. The first-order valence-electron chi connectivity index (χ1n) is 8.14. The van der Waals surface area contributed by atoms with Crippen LogP contribution in [0, 0.1) is 12.7 Å². The van der Waals surface area contributed by atoms with Gasteiger partial charge in [-0.25, -0.2) is 9.37 Å². The normalized spacial score (nSPS) is 10.5. The highest BCUT2D eigenvalue weighted by Gasteiger charge is 2.19. The number of nitrogens with two attached hydrogens (primary N) is 1. The molecule has 3 rings (SSSR count). The molecule has 27 heavy (non-hydrogen) atoms. The summed E-state index contributed by atoms with van der Waals surface area (Å²) < 4.78 is 19.8. The van der Waals surface area contributed by atoms with Gasteiger partial charge in [0.15, 0.2) is 16.7 Å². The monoisotopic (exact) mass is 401 g/mol. The molecule has 0 atom stereocenters. The van der Waals surface area contributed by atoms with E-state index in [4.69, 9.17) is 34.3 Å². The molecule has 2 aromatic carbocycles. The molecule has 2 N–H and O–H groups in total. The number of aromatic nitrogens is 1. The minimum atomic E-state index is -0.433. The van der Waals surface area contributed by atoms with Crippen molar-refractivity contribution in [2.45, 2.75) is 13.5 Å². The molecule has 0 spiro atoms. The number of ether oxygens (including phenoxy) is 1. The molecule has 0 fully saturated rings. The van der Waals surface area contributed by atoms with Crippen LogP contribution in [0.25, 0.3) is 0 Å². The predicted molar refractivity (Wildman–Crippen MR) is 110 cm³/mol. The molecule has 0 unspecified atom stereocenters. The van der Waals surface area contributed by atoms with Crippen LogP contribution in [0.2, 0.25) is 5.02 Å². The average molecular weight is 402 g/mol. The van der Waals surface area contributed by atoms with Crippen LogP contribution in [0.15, 0.2) is 60.8 Å². The Morgan fingerprint density at radius 3 is 2.59 bits per heavy atom. The third kappa shape index (κ3) is 4.35. The Kier molecular flexibility index (Phi) is 5.88. The zero-order valence-corrected chi connectivity index (χ0v) is 16.1. The fourth-order valence-electron chi connectivity index (χ4n) is 2.53. The van der Waals surface area contributed by atoms with E-state index in [0.717, 1.165) is 11.3 Å². The van der Waals surface area contributed by atoms with E-state index in [1.165, 1.54) is 6.07 Å². The maximum atomic E-state index is 14.0. The highest BCUT2D eigenvalue weighted by molar-refractivity contribution is 7.80. The standard InChI is InChI=1S/C20H17ClFN3OS/c1-13-7-9-14(10-8-13)25(20(23)27)19-18(6-3-11-24-19)26-12-15-16(21)4-2-5-17(15)22/h2-11H,12H2,1H3,(H2,23,27). The van der Waals surface area contributed by atoms with Gasteiger partial charge in [-0.2, -0.15) is 0 Å². The molecule has 0 saturated carbocycles. The van der Waals surface area contributed by atoms with Crippen LogP contribution in [-0.4, -0.2) is 10.1 Å². The highest BCUT2D eigenvalue weighted by Crippen LogP contribution is 2.33. The molecule has 7 heteroatoms. The summed E-state index contributed by atoms with van der Waals surface area (Å²) in [5.41, 5.74) is 8.07. The first-order chi connectivity index (χ1) is 13.0. The number of aryl methyl sites for hydroxylation is 1. The van der Waals surface area contributed by atoms with Gasteiger partial charge in [-0.05, 0) is 55.5 Å². The summed E-state index contributed by atoms with van der Waals surface area (Å²) in [5, 5.41) is 0.413. The van der Waals surface area contributed by atoms with Crippen LogP contribution < -0.4 is 15.4 Å². The van der Waals surface area contributed by atoms with Gasteiger partial charge in [0.1, 0.15) is 12.4 Å². The predicted octanol–water partition coefficient (Wildman–Crippen LogP) is 5.14. The molecule has 0 aliphatic heterocycles. The fraction of sp³-hybridized carbons (Fsp3) is 0.100. The lowest BCUT2D eigenvalue weighted by atomic mass is 10.2. The topological polar surface area (TPSA) is 51.4 Å². The van der Waals surface area contributed by atoms with Crippen LogP contribution >= 0.6 is 23.8 Å². The molecule has 0 bridgehead atoms. The molecule has 4 nitrogen and oxygen atoms in total. The smallest absolute Gasteiger partial charge is 0.182 e. The largest absolute Gasteiger partial charge is 0.485 e. The zero-order valence-electron chi connectivity index (χ0n) is 14.5. The maximum absolute atomic E-state index is 14.0. The second kappa shape index (κ2) is 8.33. The van der Waals surface area contributed by atoms with E-state index >= 15 is 0 Å². The Balaban J connectivity index is 1.94. The number of halogens is 2. The van der Waals surface area contributed by atoms with Crippen molar-refractivity contribution in [3.63, 3.8) is 0 Å². The van der Waals surface area contributed by atoms with E-state index in [9.17, 15) is 4.39 Å². The van der Waals surface area contributed by atoms with Gasteiger partial charge in [0.05, 0.1) is 5.02 Å². The average Bonchev–Trinajstić information content (AvgIpc) is 2.64. The molecule has 1 aromatic heterocycles. The molecule has 0 aliphatic rings. The van der Waals surface area contributed by atoms with E-state index in [1.807, 2.05) is 31.2 Å². The number of rotatable bonds is 5. The van der Waals surface area contributed by atoms with Gasteiger partial charge in [-0.1, -0.05) is 35.4 Å². The van der Waals surface area contributed by atoms with Gasteiger partial charge >= 0.3 is 0 Å². The summed E-state index contributed by atoms with van der Waals surface area (Å²) in [6.07, 6.45) is 1.61. The van der Waals surface area contributed by atoms with Crippen LogP contribution in [0.1, 0.15) is 11.1 Å². The van der Waals surface area contributed by atoms with Crippen molar-refractivity contribution in [3.8, 4) is 5.75 Å². The first kappa shape index (κ1) is 19.1. The number of anilines is 2. The summed E-state index contributed by atoms with van der Waals surface area (Å²) in [6.45, 7) is 1.94. The number of thiocarbonyl (C=S) groups is 1. The minimum Gasteiger partial charge on any atom is -0.485 e. The van der Waals surface area contributed by atoms with Crippen molar-refractivity contribution in [2.75, 3.05) is 4.90 Å². The second-order valence-electron chi connectivity index (χ2n) is 5.82. The zero-order chi connectivity index (χ0) is 19.4. The van der Waals surface area contributed by atoms with Crippen LogP contribution in [0.3, 0.4) is 0 Å². The van der Waals surface area contributed by atoms with E-state index in [0.29, 0.717) is 16.6 Å². The SMILES string of the molecule is Cc1ccc(N(C(N)=S)c2ncccc2OCc2c(F)cccc2Cl)cc1. The molecule has 0 radical (unpaired) electrons. The third-order valence-corrected chi connectivity index (χ3v) is 4.45. The van der Waals surface area contributed by atoms with Gasteiger partial charge in [0, 0.05) is 17.4 Å². The molecule has 0 amide bonds. The van der Waals surface area contributed by atoms with Crippen molar-refractivity contribution in [1.29, 1.82) is 0 Å².